The molecule has 1 fully saturated rings. The van der Waals surface area contributed by atoms with Crippen LogP contribution in [-0.2, 0) is 29.5 Å². The van der Waals surface area contributed by atoms with Gasteiger partial charge in [-0.2, -0.15) is 0 Å². The number of rotatable bonds is 8. The van der Waals surface area contributed by atoms with Crippen molar-refractivity contribution in [2.24, 2.45) is 4.99 Å². The lowest BCUT2D eigenvalue weighted by atomic mass is 9.74. The highest BCUT2D eigenvalue weighted by molar-refractivity contribution is 14.0. The number of aliphatic imine (C=N–C) groups is 1. The van der Waals surface area contributed by atoms with Crippen LogP contribution < -0.4 is 10.6 Å². The molecule has 0 saturated carbocycles. The molecule has 8 heteroatoms. The first-order valence-electron chi connectivity index (χ1n) is 10.9. The van der Waals surface area contributed by atoms with E-state index in [4.69, 9.17) is 25.9 Å². The van der Waals surface area contributed by atoms with Crippen molar-refractivity contribution < 1.29 is 9.26 Å². The van der Waals surface area contributed by atoms with Crippen LogP contribution in [0.2, 0.25) is 5.02 Å². The van der Waals surface area contributed by atoms with Crippen LogP contribution in [0, 0.1) is 0 Å². The Hall–Kier alpha value is -1.32. The largest absolute Gasteiger partial charge is 0.381 e. The Kier molecular flexibility index (Phi) is 10.6. The van der Waals surface area contributed by atoms with Crippen LogP contribution >= 0.6 is 35.6 Å². The zero-order chi connectivity index (χ0) is 21.4. The number of hydrogen-bond acceptors (Lipinski definition) is 4. The van der Waals surface area contributed by atoms with Gasteiger partial charge in [0, 0.05) is 48.7 Å². The second kappa shape index (κ2) is 12.6. The molecule has 172 valence electrons. The molecule has 31 heavy (non-hydrogen) atoms. The first-order chi connectivity index (χ1) is 14.6. The predicted molar refractivity (Wildman–Crippen MR) is 137 cm³/mol. The second-order valence-electron chi connectivity index (χ2n) is 7.69. The van der Waals surface area contributed by atoms with Gasteiger partial charge in [-0.25, -0.2) is 4.99 Å². The molecule has 0 bridgehead atoms. The molecule has 2 heterocycles. The summed E-state index contributed by atoms with van der Waals surface area (Å²) in [4.78, 5) is 4.84. The summed E-state index contributed by atoms with van der Waals surface area (Å²) in [7, 11) is 0. The lowest BCUT2D eigenvalue weighted by Crippen LogP contribution is -2.48. The van der Waals surface area contributed by atoms with Crippen molar-refractivity contribution >= 4 is 41.5 Å². The number of guanidine groups is 1. The van der Waals surface area contributed by atoms with Gasteiger partial charge >= 0.3 is 0 Å². The van der Waals surface area contributed by atoms with E-state index in [9.17, 15) is 0 Å². The maximum Gasteiger partial charge on any atom is 0.191 e. The third kappa shape index (κ3) is 6.58. The molecule has 0 atom stereocenters. The Balaban J connectivity index is 0.00000341. The average molecular weight is 561 g/mol. The summed E-state index contributed by atoms with van der Waals surface area (Å²) in [5.41, 5.74) is 3.32. The zero-order valence-electron chi connectivity index (χ0n) is 18.7. The second-order valence-corrected chi connectivity index (χ2v) is 8.13. The van der Waals surface area contributed by atoms with E-state index in [1.54, 1.807) is 0 Å². The molecule has 2 aromatic rings. The molecule has 1 aromatic heterocycles. The lowest BCUT2D eigenvalue weighted by Gasteiger charge is -2.38. The highest BCUT2D eigenvalue weighted by Gasteiger charge is 2.34. The predicted octanol–water partition coefficient (Wildman–Crippen LogP) is 4.87. The summed E-state index contributed by atoms with van der Waals surface area (Å²) in [6.07, 6.45) is 3.56. The van der Waals surface area contributed by atoms with Crippen LogP contribution in [0.4, 0.5) is 0 Å². The number of benzene rings is 1. The summed E-state index contributed by atoms with van der Waals surface area (Å²) in [6.45, 7) is 9.87. The molecule has 0 aliphatic carbocycles. The topological polar surface area (TPSA) is 71.7 Å². The van der Waals surface area contributed by atoms with Crippen molar-refractivity contribution in [3.63, 3.8) is 0 Å². The summed E-state index contributed by atoms with van der Waals surface area (Å²) in [5, 5.41) is 11.9. The van der Waals surface area contributed by atoms with Gasteiger partial charge in [-0.15, -0.1) is 24.0 Å². The van der Waals surface area contributed by atoms with Gasteiger partial charge in [0.1, 0.15) is 5.76 Å². The van der Waals surface area contributed by atoms with Gasteiger partial charge in [-0.3, -0.25) is 0 Å². The molecule has 2 N–H and O–H groups in total. The van der Waals surface area contributed by atoms with E-state index >= 15 is 0 Å². The third-order valence-electron chi connectivity index (χ3n) is 5.83. The van der Waals surface area contributed by atoms with Crippen molar-refractivity contribution in [3.8, 4) is 0 Å². The van der Waals surface area contributed by atoms with Crippen LogP contribution in [0.1, 0.15) is 56.2 Å². The number of aromatic nitrogens is 1. The smallest absolute Gasteiger partial charge is 0.191 e. The van der Waals surface area contributed by atoms with E-state index in [1.807, 2.05) is 12.1 Å². The fourth-order valence-electron chi connectivity index (χ4n) is 4.02. The van der Waals surface area contributed by atoms with Gasteiger partial charge in [0.2, 0.25) is 0 Å². The van der Waals surface area contributed by atoms with Crippen LogP contribution in [-0.4, -0.2) is 37.4 Å². The van der Waals surface area contributed by atoms with Crippen molar-refractivity contribution in [2.45, 2.75) is 58.4 Å². The molecule has 0 amide bonds. The minimum Gasteiger partial charge on any atom is -0.381 e. The quantitative estimate of drug-likeness (QED) is 0.274. The highest BCUT2D eigenvalue weighted by atomic mass is 127. The Morgan fingerprint density at radius 1 is 1.16 bits per heavy atom. The summed E-state index contributed by atoms with van der Waals surface area (Å²) < 4.78 is 11.1. The summed E-state index contributed by atoms with van der Waals surface area (Å²) in [6, 6.07) is 8.20. The minimum atomic E-state index is -0.0281. The van der Waals surface area contributed by atoms with Gasteiger partial charge < -0.3 is 19.9 Å². The molecule has 1 saturated heterocycles. The molecule has 1 aliphatic heterocycles. The number of hydrogen-bond donors (Lipinski definition) is 2. The Bertz CT molecular complexity index is 828. The van der Waals surface area contributed by atoms with Gasteiger partial charge in [-0.1, -0.05) is 42.7 Å². The highest BCUT2D eigenvalue weighted by Crippen LogP contribution is 2.35. The molecule has 1 aromatic carbocycles. The normalized spacial score (nSPS) is 15.9. The molecule has 0 spiro atoms. The van der Waals surface area contributed by atoms with Gasteiger partial charge in [-0.05, 0) is 43.9 Å². The first-order valence-corrected chi connectivity index (χ1v) is 11.3. The van der Waals surface area contributed by atoms with E-state index in [0.717, 1.165) is 80.0 Å². The van der Waals surface area contributed by atoms with E-state index < -0.39 is 0 Å². The van der Waals surface area contributed by atoms with Gasteiger partial charge in [0.15, 0.2) is 5.96 Å². The number of aryl methyl sites for hydroxylation is 2. The van der Waals surface area contributed by atoms with E-state index in [1.165, 1.54) is 5.56 Å². The number of halogens is 2. The standard InChI is InChI=1S/C23H33ClN4O2.HI/c1-4-20-19(21(5-2)30-28-20)15-26-22(25-6-3)27-16-23(10-12-29-13-11-23)17-8-7-9-18(24)14-17;/h7-9,14H,4-6,10-13,15-16H2,1-3H3,(H2,25,26,27);1H. The number of nitrogens with zero attached hydrogens (tertiary/aromatic N) is 2. The Labute approximate surface area is 207 Å². The van der Waals surface area contributed by atoms with Crippen LogP contribution in [0.3, 0.4) is 0 Å². The van der Waals surface area contributed by atoms with Gasteiger partial charge in [0.25, 0.3) is 0 Å². The van der Waals surface area contributed by atoms with E-state index in [0.29, 0.717) is 6.54 Å². The van der Waals surface area contributed by atoms with Crippen molar-refractivity contribution in [2.75, 3.05) is 26.3 Å². The molecular weight excluding hydrogens is 527 g/mol. The molecule has 6 nitrogen and oxygen atoms in total. The molecule has 3 rings (SSSR count). The molecule has 0 unspecified atom stereocenters. The Morgan fingerprint density at radius 3 is 2.58 bits per heavy atom. The fraction of sp³-hybridized carbons (Fsp3) is 0.565. The lowest BCUT2D eigenvalue weighted by molar-refractivity contribution is 0.0514. The van der Waals surface area contributed by atoms with Crippen molar-refractivity contribution in [3.05, 3.63) is 51.9 Å². The van der Waals surface area contributed by atoms with E-state index in [2.05, 4.69) is 48.7 Å². The molecule has 1 aliphatic rings. The first kappa shape index (κ1) is 25.9. The van der Waals surface area contributed by atoms with Crippen LogP contribution in [0.5, 0.6) is 0 Å². The maximum absolute atomic E-state index is 6.30. The monoisotopic (exact) mass is 560 g/mol. The van der Waals surface area contributed by atoms with Crippen LogP contribution in [0.25, 0.3) is 0 Å². The zero-order valence-corrected chi connectivity index (χ0v) is 21.8. The van der Waals surface area contributed by atoms with Crippen LogP contribution in [0.15, 0.2) is 33.8 Å². The van der Waals surface area contributed by atoms with Gasteiger partial charge in [0.05, 0.1) is 12.2 Å². The molecule has 0 radical (unpaired) electrons. The summed E-state index contributed by atoms with van der Waals surface area (Å²) >= 11 is 6.30. The minimum absolute atomic E-state index is 0. The molecular formula is C23H34ClIN4O2. The third-order valence-corrected chi connectivity index (χ3v) is 6.06. The number of ether oxygens (including phenoxy) is 1. The van der Waals surface area contributed by atoms with Crippen molar-refractivity contribution in [1.82, 2.24) is 15.8 Å². The van der Waals surface area contributed by atoms with E-state index in [-0.39, 0.29) is 29.4 Å². The Morgan fingerprint density at radius 2 is 1.94 bits per heavy atom. The number of nitrogens with one attached hydrogen (secondary N) is 2. The SMILES string of the molecule is CCNC(=NCc1c(CC)noc1CC)NCC1(c2cccc(Cl)c2)CCOCC1.I. The van der Waals surface area contributed by atoms with Crippen molar-refractivity contribution in [1.29, 1.82) is 0 Å². The summed E-state index contributed by atoms with van der Waals surface area (Å²) in [5.74, 6) is 1.72. The fourth-order valence-corrected chi connectivity index (χ4v) is 4.21. The maximum atomic E-state index is 6.30. The average Bonchev–Trinajstić information content (AvgIpc) is 3.18.